The van der Waals surface area contributed by atoms with E-state index in [1.54, 1.807) is 0 Å². The molecule has 0 bridgehead atoms. The van der Waals surface area contributed by atoms with Gasteiger partial charge in [-0.25, -0.2) is 0 Å². The van der Waals surface area contributed by atoms with E-state index in [0.717, 1.165) is 12.1 Å². The van der Waals surface area contributed by atoms with Crippen LogP contribution in [0.1, 0.15) is 11.1 Å². The quantitative estimate of drug-likeness (QED) is 0.801. The van der Waals surface area contributed by atoms with Crippen molar-refractivity contribution >= 4 is 37.2 Å². The van der Waals surface area contributed by atoms with Crippen molar-refractivity contribution in [1.29, 1.82) is 0 Å². The van der Waals surface area contributed by atoms with Gasteiger partial charge in [-0.1, -0.05) is 0 Å². The van der Waals surface area contributed by atoms with Gasteiger partial charge in [-0.3, -0.25) is 14.1 Å². The monoisotopic (exact) mass is 327 g/mol. The van der Waals surface area contributed by atoms with Crippen molar-refractivity contribution in [3.63, 3.8) is 0 Å². The highest BCUT2D eigenvalue weighted by atomic mass is 32.2. The summed E-state index contributed by atoms with van der Waals surface area (Å²) in [5, 5.41) is 0.932. The van der Waals surface area contributed by atoms with E-state index in [2.05, 4.69) is 4.99 Å². The first-order valence-electron chi connectivity index (χ1n) is 5.72. The fraction of sp³-hybridized carbons (Fsp3) is 0.0833. The molecule has 1 aliphatic heterocycles. The molecule has 0 saturated carbocycles. The first-order valence-corrected chi connectivity index (χ1v) is 8.60. The molecule has 9 heteroatoms. The van der Waals surface area contributed by atoms with Crippen LogP contribution in [0, 0.1) is 0 Å². The van der Waals surface area contributed by atoms with E-state index in [9.17, 15) is 16.8 Å². The fourth-order valence-corrected chi connectivity index (χ4v) is 3.47. The smallest absolute Gasteiger partial charge is 0.288 e. The van der Waals surface area contributed by atoms with Crippen LogP contribution in [0.25, 0.3) is 10.8 Å². The molecule has 0 saturated heterocycles. The highest BCUT2D eigenvalue weighted by Crippen LogP contribution is 2.31. The van der Waals surface area contributed by atoms with E-state index in [-0.39, 0.29) is 21.7 Å². The van der Waals surface area contributed by atoms with Crippen molar-refractivity contribution in [2.24, 2.45) is 4.99 Å². The Morgan fingerprint density at radius 3 is 2.05 bits per heavy atom. The lowest BCUT2D eigenvalue weighted by atomic mass is 9.98. The van der Waals surface area contributed by atoms with Gasteiger partial charge in [-0.15, -0.1) is 0 Å². The molecule has 0 aliphatic carbocycles. The maximum absolute atomic E-state index is 11.3. The summed E-state index contributed by atoms with van der Waals surface area (Å²) < 4.78 is 63.4. The van der Waals surface area contributed by atoms with Crippen molar-refractivity contribution in [2.75, 3.05) is 0 Å². The lowest BCUT2D eigenvalue weighted by Crippen LogP contribution is -2.06. The topological polar surface area (TPSA) is 121 Å². The summed E-state index contributed by atoms with van der Waals surface area (Å²) in [6.07, 6.45) is 1.46. The highest BCUT2D eigenvalue weighted by Gasteiger charge is 2.20. The molecule has 1 aliphatic rings. The summed E-state index contributed by atoms with van der Waals surface area (Å²) >= 11 is 0. The third-order valence-electron chi connectivity index (χ3n) is 3.20. The van der Waals surface area contributed by atoms with Crippen LogP contribution in [-0.4, -0.2) is 32.2 Å². The molecule has 2 N–H and O–H groups in total. The Kier molecular flexibility index (Phi) is 2.92. The molecule has 0 aromatic heterocycles. The summed E-state index contributed by atoms with van der Waals surface area (Å²) in [6.45, 7) is 0.220. The van der Waals surface area contributed by atoms with Crippen LogP contribution in [0.4, 0.5) is 0 Å². The third kappa shape index (κ3) is 2.44. The Labute approximate surface area is 120 Å². The number of rotatable bonds is 2. The van der Waals surface area contributed by atoms with E-state index in [0.29, 0.717) is 16.5 Å². The lowest BCUT2D eigenvalue weighted by molar-refractivity contribution is 0.481. The van der Waals surface area contributed by atoms with Gasteiger partial charge in [-0.05, 0) is 40.6 Å². The third-order valence-corrected chi connectivity index (χ3v) is 4.86. The summed E-state index contributed by atoms with van der Waals surface area (Å²) in [5.41, 5.74) is 1.02. The van der Waals surface area contributed by atoms with Crippen LogP contribution in [0.15, 0.2) is 39.0 Å². The minimum atomic E-state index is -4.44. The molecule has 0 amide bonds. The Hall–Kier alpha value is -1.81. The van der Waals surface area contributed by atoms with E-state index < -0.39 is 20.2 Å². The zero-order chi connectivity index (χ0) is 15.4. The van der Waals surface area contributed by atoms with Gasteiger partial charge in [0.2, 0.25) is 0 Å². The Bertz CT molecular complexity index is 1000. The average Bonchev–Trinajstić information content (AvgIpc) is 2.36. The minimum Gasteiger partial charge on any atom is -0.288 e. The van der Waals surface area contributed by atoms with Crippen LogP contribution in [0.2, 0.25) is 0 Å². The molecule has 1 heterocycles. The Balaban J connectivity index is 2.47. The van der Waals surface area contributed by atoms with Crippen LogP contribution in [0.5, 0.6) is 0 Å². The van der Waals surface area contributed by atoms with Crippen LogP contribution < -0.4 is 0 Å². The molecule has 3 rings (SSSR count). The second-order valence-corrected chi connectivity index (χ2v) is 7.46. The average molecular weight is 327 g/mol. The SMILES string of the molecule is O=S(=O)(O)c1cc2c3c(cc(S(=O)(=O)O)cc3c1)CN=C2. The molecule has 110 valence electrons. The number of aliphatic imine (C=N–C) groups is 1. The molecule has 0 atom stereocenters. The summed E-state index contributed by atoms with van der Waals surface area (Å²) in [5.74, 6) is 0. The zero-order valence-corrected chi connectivity index (χ0v) is 12.0. The molecule has 0 radical (unpaired) electrons. The second kappa shape index (κ2) is 4.34. The fourth-order valence-electron chi connectivity index (χ4n) is 2.35. The van der Waals surface area contributed by atoms with E-state index in [1.165, 1.54) is 18.3 Å². The van der Waals surface area contributed by atoms with Gasteiger partial charge in [0.25, 0.3) is 20.2 Å². The molecule has 2 aromatic rings. The Morgan fingerprint density at radius 1 is 0.905 bits per heavy atom. The van der Waals surface area contributed by atoms with Gasteiger partial charge < -0.3 is 0 Å². The van der Waals surface area contributed by atoms with Crippen molar-refractivity contribution in [2.45, 2.75) is 16.3 Å². The first-order chi connectivity index (χ1) is 9.66. The predicted molar refractivity (Wildman–Crippen MR) is 74.9 cm³/mol. The molecule has 0 fully saturated rings. The van der Waals surface area contributed by atoms with Crippen LogP contribution in [-0.2, 0) is 26.8 Å². The van der Waals surface area contributed by atoms with Gasteiger partial charge in [-0.2, -0.15) is 16.8 Å². The number of nitrogens with zero attached hydrogens (tertiary/aromatic N) is 1. The molecule has 7 nitrogen and oxygen atoms in total. The standard InChI is InChI=1S/C12H9NO6S2/c14-20(15,16)10-1-7-2-11(21(17,18)19)4-9-6-13-5-8(3-10)12(7)9/h1-5H,6H2,(H,14,15,16)(H,17,18,19). The van der Waals surface area contributed by atoms with Crippen molar-refractivity contribution in [3.05, 3.63) is 35.4 Å². The molecular formula is C12H9NO6S2. The maximum Gasteiger partial charge on any atom is 0.294 e. The summed E-state index contributed by atoms with van der Waals surface area (Å²) in [7, 11) is -8.87. The van der Waals surface area contributed by atoms with Gasteiger partial charge in [0.05, 0.1) is 16.3 Å². The number of hydrogen-bond donors (Lipinski definition) is 2. The molecule has 2 aromatic carbocycles. The van der Waals surface area contributed by atoms with Crippen molar-refractivity contribution < 1.29 is 25.9 Å². The number of hydrogen-bond acceptors (Lipinski definition) is 5. The lowest BCUT2D eigenvalue weighted by Gasteiger charge is -2.14. The first kappa shape index (κ1) is 14.1. The van der Waals surface area contributed by atoms with Gasteiger partial charge in [0.1, 0.15) is 0 Å². The largest absolute Gasteiger partial charge is 0.294 e. The van der Waals surface area contributed by atoms with Gasteiger partial charge in [0.15, 0.2) is 0 Å². The van der Waals surface area contributed by atoms with Crippen molar-refractivity contribution in [3.8, 4) is 0 Å². The predicted octanol–water partition coefficient (Wildman–Crippen LogP) is 1.27. The summed E-state index contributed by atoms with van der Waals surface area (Å²) in [4.78, 5) is 3.30. The maximum atomic E-state index is 11.3. The number of benzene rings is 2. The molecule has 0 spiro atoms. The zero-order valence-electron chi connectivity index (χ0n) is 10.4. The van der Waals surface area contributed by atoms with E-state index >= 15 is 0 Å². The van der Waals surface area contributed by atoms with E-state index in [1.807, 2.05) is 0 Å². The van der Waals surface area contributed by atoms with Gasteiger partial charge in [0, 0.05) is 11.8 Å². The summed E-state index contributed by atoms with van der Waals surface area (Å²) in [6, 6.07) is 4.87. The van der Waals surface area contributed by atoms with Crippen molar-refractivity contribution in [1.82, 2.24) is 0 Å². The molecule has 0 unspecified atom stereocenters. The highest BCUT2D eigenvalue weighted by molar-refractivity contribution is 7.86. The minimum absolute atomic E-state index is 0.220. The second-order valence-electron chi connectivity index (χ2n) is 4.61. The normalized spacial score (nSPS) is 14.6. The molecular weight excluding hydrogens is 318 g/mol. The Morgan fingerprint density at radius 2 is 1.48 bits per heavy atom. The van der Waals surface area contributed by atoms with E-state index in [4.69, 9.17) is 9.11 Å². The molecule has 21 heavy (non-hydrogen) atoms. The van der Waals surface area contributed by atoms with Crippen LogP contribution >= 0.6 is 0 Å². The van der Waals surface area contributed by atoms with Crippen LogP contribution in [0.3, 0.4) is 0 Å². The van der Waals surface area contributed by atoms with Gasteiger partial charge >= 0.3 is 0 Å².